The Morgan fingerprint density at radius 3 is 2.76 bits per heavy atom. The van der Waals surface area contributed by atoms with Crippen molar-refractivity contribution >= 4 is 40.5 Å². The number of carbonyl (C=O) groups excluding carboxylic acids is 3. The summed E-state index contributed by atoms with van der Waals surface area (Å²) in [5.41, 5.74) is 6.49. The van der Waals surface area contributed by atoms with E-state index >= 15 is 0 Å². The summed E-state index contributed by atoms with van der Waals surface area (Å²) in [4.78, 5) is 41.8. The topological polar surface area (TPSA) is 117 Å². The molecule has 2 amide bonds. The molecule has 0 aliphatic carbocycles. The predicted molar refractivity (Wildman–Crippen MR) is 91.1 cm³/mol. The van der Waals surface area contributed by atoms with Crippen LogP contribution < -0.4 is 10.9 Å². The van der Waals surface area contributed by atoms with Crippen LogP contribution in [0.15, 0.2) is 46.2 Å². The third-order valence-electron chi connectivity index (χ3n) is 3.25. The first-order valence-electron chi connectivity index (χ1n) is 7.30. The number of carbonyl (C=O) groups is 3. The highest BCUT2D eigenvalue weighted by Crippen LogP contribution is 2.22. The number of nitrogens with one attached hydrogen (secondary N) is 3. The van der Waals surface area contributed by atoms with Crippen LogP contribution in [0.1, 0.15) is 27.8 Å². The molecule has 0 fully saturated rings. The lowest BCUT2D eigenvalue weighted by Crippen LogP contribution is -2.42. The molecule has 0 bridgehead atoms. The summed E-state index contributed by atoms with van der Waals surface area (Å²) in [6.45, 7) is 1.40. The molecule has 3 N–H and O–H groups in total. The molecule has 3 rings (SSSR count). The fourth-order valence-corrected chi connectivity index (χ4v) is 2.64. The standard InChI is InChI=1S/C16H14N4O4S/c1-9(21)10-6-12(17-7-10)15(23)20-19-14(22)8-25-16-18-11-4-2-3-5-13(11)24-16/h2-7,17H,8H2,1H3,(H,19,22)(H,20,23). The number of ketones is 1. The number of amides is 2. The monoisotopic (exact) mass is 358 g/mol. The van der Waals surface area contributed by atoms with Crippen LogP contribution in [-0.4, -0.2) is 33.3 Å². The zero-order valence-corrected chi connectivity index (χ0v) is 14.0. The van der Waals surface area contributed by atoms with E-state index in [-0.39, 0.29) is 17.2 Å². The molecule has 0 radical (unpaired) electrons. The minimum Gasteiger partial charge on any atom is -0.431 e. The summed E-state index contributed by atoms with van der Waals surface area (Å²) in [6.07, 6.45) is 1.43. The van der Waals surface area contributed by atoms with Crippen molar-refractivity contribution in [3.63, 3.8) is 0 Å². The number of nitrogens with zero attached hydrogens (tertiary/aromatic N) is 1. The zero-order valence-electron chi connectivity index (χ0n) is 13.2. The molecule has 9 heteroatoms. The van der Waals surface area contributed by atoms with Crippen LogP contribution in [0.3, 0.4) is 0 Å². The summed E-state index contributed by atoms with van der Waals surface area (Å²) >= 11 is 1.12. The maximum Gasteiger partial charge on any atom is 0.286 e. The average Bonchev–Trinajstić information content (AvgIpc) is 3.24. The van der Waals surface area contributed by atoms with Gasteiger partial charge in [-0.15, -0.1) is 0 Å². The number of H-pyrrole nitrogens is 1. The van der Waals surface area contributed by atoms with Gasteiger partial charge in [0.15, 0.2) is 11.4 Å². The number of para-hydroxylation sites is 2. The molecule has 0 unspecified atom stereocenters. The Kier molecular flexibility index (Phi) is 4.85. The second-order valence-corrected chi connectivity index (χ2v) is 6.02. The average molecular weight is 358 g/mol. The largest absolute Gasteiger partial charge is 0.431 e. The van der Waals surface area contributed by atoms with Crippen molar-refractivity contribution in [1.29, 1.82) is 0 Å². The van der Waals surface area contributed by atoms with E-state index in [1.807, 2.05) is 18.2 Å². The van der Waals surface area contributed by atoms with E-state index in [0.29, 0.717) is 21.9 Å². The van der Waals surface area contributed by atoms with E-state index in [1.165, 1.54) is 19.2 Å². The smallest absolute Gasteiger partial charge is 0.286 e. The summed E-state index contributed by atoms with van der Waals surface area (Å²) in [5.74, 6) is -1.10. The van der Waals surface area contributed by atoms with Crippen LogP contribution in [0.25, 0.3) is 11.1 Å². The Morgan fingerprint density at radius 1 is 1.24 bits per heavy atom. The van der Waals surface area contributed by atoms with Gasteiger partial charge in [0.05, 0.1) is 5.75 Å². The minimum atomic E-state index is -0.548. The van der Waals surface area contributed by atoms with Gasteiger partial charge in [-0.25, -0.2) is 4.98 Å². The Hall–Kier alpha value is -3.07. The van der Waals surface area contributed by atoms with Gasteiger partial charge in [-0.05, 0) is 25.1 Å². The first kappa shape index (κ1) is 16.8. The van der Waals surface area contributed by atoms with Gasteiger partial charge in [-0.1, -0.05) is 23.9 Å². The highest BCUT2D eigenvalue weighted by Gasteiger charge is 2.13. The third kappa shape index (κ3) is 4.07. The number of benzene rings is 1. The summed E-state index contributed by atoms with van der Waals surface area (Å²) in [5, 5.41) is 0.373. The van der Waals surface area contributed by atoms with Crippen LogP contribution in [0.5, 0.6) is 0 Å². The Morgan fingerprint density at radius 2 is 2.04 bits per heavy atom. The molecule has 0 spiro atoms. The van der Waals surface area contributed by atoms with Gasteiger partial charge in [0.2, 0.25) is 5.91 Å². The number of hydrogen-bond donors (Lipinski definition) is 3. The fourth-order valence-electron chi connectivity index (χ4n) is 2.00. The van der Waals surface area contributed by atoms with Gasteiger partial charge < -0.3 is 9.40 Å². The van der Waals surface area contributed by atoms with Crippen molar-refractivity contribution < 1.29 is 18.8 Å². The number of aromatic amines is 1. The van der Waals surface area contributed by atoms with Gasteiger partial charge in [-0.2, -0.15) is 0 Å². The number of hydrazine groups is 1. The molecule has 0 saturated heterocycles. The van der Waals surface area contributed by atoms with E-state index in [2.05, 4.69) is 20.8 Å². The number of Topliss-reactive ketones (excluding diaryl/α,β-unsaturated/α-hetero) is 1. The van der Waals surface area contributed by atoms with Gasteiger partial charge in [0.25, 0.3) is 11.1 Å². The van der Waals surface area contributed by atoms with Crippen molar-refractivity contribution in [3.05, 3.63) is 47.8 Å². The molecular formula is C16H14N4O4S. The summed E-state index contributed by atoms with van der Waals surface area (Å²) < 4.78 is 5.49. The Balaban J connectivity index is 1.48. The van der Waals surface area contributed by atoms with Crippen molar-refractivity contribution in [2.45, 2.75) is 12.1 Å². The molecule has 8 nitrogen and oxygen atoms in total. The molecule has 3 aromatic rings. The minimum absolute atomic E-state index is 0.0243. The third-order valence-corrected chi connectivity index (χ3v) is 4.08. The summed E-state index contributed by atoms with van der Waals surface area (Å²) in [7, 11) is 0. The number of rotatable bonds is 5. The van der Waals surface area contributed by atoms with E-state index < -0.39 is 11.8 Å². The second-order valence-electron chi connectivity index (χ2n) is 5.10. The van der Waals surface area contributed by atoms with Gasteiger partial charge in [0.1, 0.15) is 11.2 Å². The number of hydrogen-bond acceptors (Lipinski definition) is 6. The number of fused-ring (bicyclic) bond motifs is 1. The Bertz CT molecular complexity index is 913. The molecule has 128 valence electrons. The molecule has 0 saturated carbocycles. The van der Waals surface area contributed by atoms with E-state index in [9.17, 15) is 14.4 Å². The number of thioether (sulfide) groups is 1. The quantitative estimate of drug-likeness (QED) is 0.364. The first-order chi connectivity index (χ1) is 12.0. The van der Waals surface area contributed by atoms with Gasteiger partial charge in [0, 0.05) is 11.8 Å². The van der Waals surface area contributed by atoms with Crippen molar-refractivity contribution in [2.24, 2.45) is 0 Å². The number of oxazole rings is 1. The molecular weight excluding hydrogens is 344 g/mol. The van der Waals surface area contributed by atoms with Crippen molar-refractivity contribution in [1.82, 2.24) is 20.8 Å². The van der Waals surface area contributed by atoms with Crippen molar-refractivity contribution in [2.75, 3.05) is 5.75 Å². The Labute approximate surface area is 146 Å². The molecule has 0 atom stereocenters. The normalized spacial score (nSPS) is 10.6. The van der Waals surface area contributed by atoms with Crippen molar-refractivity contribution in [3.8, 4) is 0 Å². The molecule has 0 aliphatic heterocycles. The predicted octanol–water partition coefficient (Wildman–Crippen LogP) is 1.91. The maximum atomic E-state index is 11.9. The highest BCUT2D eigenvalue weighted by molar-refractivity contribution is 7.99. The lowest BCUT2D eigenvalue weighted by atomic mass is 10.2. The molecule has 2 heterocycles. The first-order valence-corrected chi connectivity index (χ1v) is 8.28. The van der Waals surface area contributed by atoms with Crippen LogP contribution in [0.2, 0.25) is 0 Å². The maximum absolute atomic E-state index is 11.9. The van der Waals surface area contributed by atoms with Gasteiger partial charge >= 0.3 is 0 Å². The van der Waals surface area contributed by atoms with E-state index in [4.69, 9.17) is 4.42 Å². The SMILES string of the molecule is CC(=O)c1c[nH]c(C(=O)NNC(=O)CSc2nc3ccccc3o2)c1. The highest BCUT2D eigenvalue weighted by atomic mass is 32.2. The van der Waals surface area contributed by atoms with Crippen LogP contribution >= 0.6 is 11.8 Å². The van der Waals surface area contributed by atoms with E-state index in [0.717, 1.165) is 11.8 Å². The summed E-state index contributed by atoms with van der Waals surface area (Å²) in [6, 6.07) is 8.70. The van der Waals surface area contributed by atoms with Crippen LogP contribution in [-0.2, 0) is 4.79 Å². The van der Waals surface area contributed by atoms with Crippen LogP contribution in [0, 0.1) is 0 Å². The lowest BCUT2D eigenvalue weighted by molar-refractivity contribution is -0.119. The van der Waals surface area contributed by atoms with E-state index in [1.54, 1.807) is 6.07 Å². The molecule has 2 aromatic heterocycles. The van der Waals surface area contributed by atoms with Gasteiger partial charge in [-0.3, -0.25) is 25.2 Å². The van der Waals surface area contributed by atoms with Crippen LogP contribution in [0.4, 0.5) is 0 Å². The molecule has 0 aliphatic rings. The lowest BCUT2D eigenvalue weighted by Gasteiger charge is -2.05. The second kappa shape index (κ2) is 7.22. The molecule has 25 heavy (non-hydrogen) atoms. The molecule has 1 aromatic carbocycles. The zero-order chi connectivity index (χ0) is 17.8. The number of aromatic nitrogens is 2. The fraction of sp³-hybridized carbons (Fsp3) is 0.125.